The second kappa shape index (κ2) is 13.8. The van der Waals surface area contributed by atoms with Gasteiger partial charge in [-0.25, -0.2) is 0 Å². The van der Waals surface area contributed by atoms with Crippen molar-refractivity contribution >= 4 is 27.2 Å². The summed E-state index contributed by atoms with van der Waals surface area (Å²) in [6.07, 6.45) is 17.4. The van der Waals surface area contributed by atoms with Crippen LogP contribution in [-0.4, -0.2) is 16.9 Å². The lowest BCUT2D eigenvalue weighted by atomic mass is 10.1. The molecule has 26 heavy (non-hydrogen) atoms. The van der Waals surface area contributed by atoms with Crippen molar-refractivity contribution in [3.8, 4) is 0 Å². The van der Waals surface area contributed by atoms with E-state index in [9.17, 15) is 0 Å². The van der Waals surface area contributed by atoms with Crippen molar-refractivity contribution in [3.63, 3.8) is 0 Å². The molecule has 1 aromatic rings. The minimum Gasteiger partial charge on any atom is -0.0682 e. The Labute approximate surface area is 167 Å². The van der Waals surface area contributed by atoms with Crippen molar-refractivity contribution in [3.05, 3.63) is 24.3 Å². The first kappa shape index (κ1) is 23.7. The zero-order chi connectivity index (χ0) is 19.3. The van der Waals surface area contributed by atoms with Crippen molar-refractivity contribution in [2.75, 3.05) is 0 Å². The van der Waals surface area contributed by atoms with E-state index in [2.05, 4.69) is 57.4 Å². The third-order valence-electron chi connectivity index (χ3n) is 6.01. The first-order chi connectivity index (χ1) is 12.5. The van der Waals surface area contributed by atoms with Crippen LogP contribution in [0.3, 0.4) is 0 Å². The van der Waals surface area contributed by atoms with Crippen LogP contribution >= 0.6 is 0 Å². The summed E-state index contributed by atoms with van der Waals surface area (Å²) in [5, 5.41) is 3.28. The van der Waals surface area contributed by atoms with E-state index in [0.717, 1.165) is 0 Å². The van der Waals surface area contributed by atoms with Crippen LogP contribution in [0.15, 0.2) is 24.3 Å². The van der Waals surface area contributed by atoms with Gasteiger partial charge in [-0.15, -0.1) is 0 Å². The summed E-state index contributed by atoms with van der Waals surface area (Å²) in [6, 6.07) is 11.2. The van der Waals surface area contributed by atoms with E-state index in [-0.39, 0.29) is 0 Å². The normalized spacial score (nSPS) is 12.1. The molecule has 0 aliphatic heterocycles. The average molecular weight is 391 g/mol. The van der Waals surface area contributed by atoms with Crippen LogP contribution in [0.1, 0.15) is 84.0 Å². The van der Waals surface area contributed by atoms with Gasteiger partial charge in [0.15, 0.2) is 0 Å². The van der Waals surface area contributed by atoms with Crippen LogP contribution in [0.4, 0.5) is 0 Å². The van der Waals surface area contributed by atoms with Gasteiger partial charge in [0.25, 0.3) is 0 Å². The van der Waals surface area contributed by atoms with E-state index in [4.69, 9.17) is 0 Å². The Morgan fingerprint density at radius 1 is 0.654 bits per heavy atom. The highest BCUT2D eigenvalue weighted by molar-refractivity contribution is 6.89. The fourth-order valence-corrected chi connectivity index (χ4v) is 7.33. The van der Waals surface area contributed by atoms with E-state index >= 15 is 0 Å². The third kappa shape index (κ3) is 10.1. The molecule has 0 heterocycles. The predicted molar refractivity (Wildman–Crippen MR) is 128 cm³/mol. The van der Waals surface area contributed by atoms with Gasteiger partial charge in [-0.2, -0.15) is 0 Å². The molecule has 0 saturated heterocycles. The smallest absolute Gasteiger partial charge is 0.0682 e. The topological polar surface area (TPSA) is 0 Å². The van der Waals surface area contributed by atoms with E-state index in [1.165, 1.54) is 83.1 Å². The molecule has 0 aliphatic rings. The SMILES string of the molecule is CCCCCCCCCCCCCC[Si](C)(C)c1ccc([SiH](C)C)cc1. The summed E-state index contributed by atoms with van der Waals surface area (Å²) in [6.45, 7) is 12.3. The molecule has 0 bridgehead atoms. The zero-order valence-electron chi connectivity index (χ0n) is 18.6. The highest BCUT2D eigenvalue weighted by Gasteiger charge is 2.22. The Morgan fingerprint density at radius 2 is 1.08 bits per heavy atom. The van der Waals surface area contributed by atoms with E-state index < -0.39 is 16.9 Å². The molecule has 2 heteroatoms. The molecule has 0 atom stereocenters. The maximum atomic E-state index is 2.56. The maximum absolute atomic E-state index is 2.56. The third-order valence-corrected chi connectivity index (χ3v) is 11.2. The molecule has 1 aromatic carbocycles. The van der Waals surface area contributed by atoms with Crippen molar-refractivity contribution < 1.29 is 0 Å². The quantitative estimate of drug-likeness (QED) is 0.223. The van der Waals surface area contributed by atoms with Crippen LogP contribution in [0, 0.1) is 0 Å². The average Bonchev–Trinajstić information content (AvgIpc) is 2.62. The first-order valence-electron chi connectivity index (χ1n) is 11.6. The fourth-order valence-electron chi connectivity index (χ4n) is 3.87. The molecule has 0 saturated carbocycles. The number of hydrogen-bond acceptors (Lipinski definition) is 0. The van der Waals surface area contributed by atoms with E-state index in [1.54, 1.807) is 10.4 Å². The molecular formula is C24H46Si2. The summed E-state index contributed by atoms with van der Waals surface area (Å²) in [7, 11) is -1.86. The Bertz CT molecular complexity index is 448. The van der Waals surface area contributed by atoms with Crippen LogP contribution < -0.4 is 10.4 Å². The minimum atomic E-state index is -1.22. The molecule has 1 rings (SSSR count). The summed E-state index contributed by atoms with van der Waals surface area (Å²) in [5.74, 6) is 0. The van der Waals surface area contributed by atoms with E-state index in [0.29, 0.717) is 0 Å². The van der Waals surface area contributed by atoms with Crippen molar-refractivity contribution in [1.29, 1.82) is 0 Å². The highest BCUT2D eigenvalue weighted by Crippen LogP contribution is 2.17. The van der Waals surface area contributed by atoms with Gasteiger partial charge in [-0.3, -0.25) is 0 Å². The molecule has 0 N–H and O–H groups in total. The molecule has 0 nitrogen and oxygen atoms in total. The lowest BCUT2D eigenvalue weighted by Crippen LogP contribution is -2.42. The summed E-state index contributed by atoms with van der Waals surface area (Å²) >= 11 is 0. The molecule has 0 unspecified atom stereocenters. The molecule has 0 radical (unpaired) electrons. The number of benzene rings is 1. The number of rotatable bonds is 15. The van der Waals surface area contributed by atoms with Crippen molar-refractivity contribution in [2.45, 2.75) is 116 Å². The molecular weight excluding hydrogens is 344 g/mol. The lowest BCUT2D eigenvalue weighted by molar-refractivity contribution is 0.547. The Kier molecular flexibility index (Phi) is 12.5. The van der Waals surface area contributed by atoms with Crippen LogP contribution in [0.25, 0.3) is 0 Å². The zero-order valence-corrected chi connectivity index (χ0v) is 20.7. The van der Waals surface area contributed by atoms with Gasteiger partial charge < -0.3 is 0 Å². The van der Waals surface area contributed by atoms with Crippen molar-refractivity contribution in [1.82, 2.24) is 0 Å². The first-order valence-corrected chi connectivity index (χ1v) is 17.7. The van der Waals surface area contributed by atoms with Crippen molar-refractivity contribution in [2.24, 2.45) is 0 Å². The molecule has 0 amide bonds. The van der Waals surface area contributed by atoms with Gasteiger partial charge in [0.2, 0.25) is 0 Å². The molecule has 150 valence electrons. The second-order valence-corrected chi connectivity index (χ2v) is 17.1. The lowest BCUT2D eigenvalue weighted by Gasteiger charge is -2.23. The fraction of sp³-hybridized carbons (Fsp3) is 0.750. The van der Waals surface area contributed by atoms with E-state index in [1.807, 2.05) is 0 Å². The Hall–Kier alpha value is -0.346. The summed E-state index contributed by atoms with van der Waals surface area (Å²) in [4.78, 5) is 0. The standard InChI is InChI=1S/C24H46Si2/c1-6-7-8-9-10-11-12-13-14-15-16-17-22-26(4,5)24-20-18-23(19-21-24)25(2)3/h18-21,25H,6-17,22H2,1-5H3. The van der Waals surface area contributed by atoms with Crippen LogP contribution in [0.5, 0.6) is 0 Å². The number of unbranched alkanes of at least 4 members (excludes halogenated alkanes) is 11. The van der Waals surface area contributed by atoms with Gasteiger partial charge in [0, 0.05) is 0 Å². The Morgan fingerprint density at radius 3 is 1.50 bits per heavy atom. The van der Waals surface area contributed by atoms with Crippen LogP contribution in [0.2, 0.25) is 32.2 Å². The van der Waals surface area contributed by atoms with Gasteiger partial charge in [-0.1, -0.05) is 151 Å². The highest BCUT2D eigenvalue weighted by atomic mass is 28.3. The Balaban J connectivity index is 2.07. The molecule has 0 fully saturated rings. The molecule has 0 aromatic heterocycles. The summed E-state index contributed by atoms with van der Waals surface area (Å²) < 4.78 is 0. The summed E-state index contributed by atoms with van der Waals surface area (Å²) in [5.41, 5.74) is 0. The number of hydrogen-bond donors (Lipinski definition) is 0. The van der Waals surface area contributed by atoms with Gasteiger partial charge in [0.05, 0.1) is 16.9 Å². The monoisotopic (exact) mass is 390 g/mol. The minimum absolute atomic E-state index is 0.640. The predicted octanol–water partition coefficient (Wildman–Crippen LogP) is 7.00. The van der Waals surface area contributed by atoms with Crippen LogP contribution in [-0.2, 0) is 0 Å². The second-order valence-electron chi connectivity index (χ2n) is 9.30. The van der Waals surface area contributed by atoms with Gasteiger partial charge >= 0.3 is 0 Å². The molecule has 0 aliphatic carbocycles. The van der Waals surface area contributed by atoms with Gasteiger partial charge in [-0.05, 0) is 0 Å². The largest absolute Gasteiger partial charge is 0.0806 e. The maximum Gasteiger partial charge on any atom is 0.0806 e. The van der Waals surface area contributed by atoms with Gasteiger partial charge in [0.1, 0.15) is 0 Å². The molecule has 0 spiro atoms.